The van der Waals surface area contributed by atoms with E-state index in [1.54, 1.807) is 23.7 Å². The molecule has 0 radical (unpaired) electrons. The number of ketones is 1. The van der Waals surface area contributed by atoms with Crippen LogP contribution in [0.1, 0.15) is 53.1 Å². The lowest BCUT2D eigenvalue weighted by Crippen LogP contribution is -2.21. The Balaban J connectivity index is 2.20. The molecule has 4 heteroatoms. The SMILES string of the molecule is COC(=O)c1ccc(C(=O)C2CCCCC2)n1C. The molecular weight excluding hydrogens is 230 g/mol. The third kappa shape index (κ3) is 2.33. The van der Waals surface area contributed by atoms with Crippen molar-refractivity contribution in [3.63, 3.8) is 0 Å². The standard InChI is InChI=1S/C14H19NO3/c1-15-11(8-9-12(15)14(17)18-2)13(16)10-6-4-3-5-7-10/h8-10H,3-7H2,1-2H3. The van der Waals surface area contributed by atoms with E-state index in [1.807, 2.05) is 0 Å². The summed E-state index contributed by atoms with van der Waals surface area (Å²) in [6.07, 6.45) is 5.43. The maximum Gasteiger partial charge on any atom is 0.354 e. The van der Waals surface area contributed by atoms with Crippen LogP contribution in [0.3, 0.4) is 0 Å². The normalized spacial score (nSPS) is 16.6. The summed E-state index contributed by atoms with van der Waals surface area (Å²) in [4.78, 5) is 23.9. The third-order valence-corrected chi connectivity index (χ3v) is 3.74. The van der Waals surface area contributed by atoms with Gasteiger partial charge in [0.1, 0.15) is 5.69 Å². The number of carbonyl (C=O) groups excluding carboxylic acids is 2. The van der Waals surface area contributed by atoms with Gasteiger partial charge < -0.3 is 9.30 Å². The minimum atomic E-state index is -0.403. The summed E-state index contributed by atoms with van der Waals surface area (Å²) in [6.45, 7) is 0. The van der Waals surface area contributed by atoms with Gasteiger partial charge in [-0.2, -0.15) is 0 Å². The van der Waals surface area contributed by atoms with Crippen molar-refractivity contribution in [2.24, 2.45) is 13.0 Å². The van der Waals surface area contributed by atoms with E-state index in [1.165, 1.54) is 13.5 Å². The maximum atomic E-state index is 12.4. The fraction of sp³-hybridized carbons (Fsp3) is 0.571. The van der Waals surface area contributed by atoms with Gasteiger partial charge >= 0.3 is 5.97 Å². The van der Waals surface area contributed by atoms with Crippen LogP contribution in [0.5, 0.6) is 0 Å². The zero-order valence-corrected chi connectivity index (χ0v) is 10.9. The predicted octanol–water partition coefficient (Wildman–Crippen LogP) is 2.57. The van der Waals surface area contributed by atoms with Crippen LogP contribution < -0.4 is 0 Å². The van der Waals surface area contributed by atoms with Crippen molar-refractivity contribution in [1.29, 1.82) is 0 Å². The van der Waals surface area contributed by atoms with Crippen molar-refractivity contribution < 1.29 is 14.3 Å². The van der Waals surface area contributed by atoms with Crippen LogP contribution in [-0.2, 0) is 11.8 Å². The molecule has 18 heavy (non-hydrogen) atoms. The zero-order chi connectivity index (χ0) is 13.1. The van der Waals surface area contributed by atoms with Crippen LogP contribution in [0.15, 0.2) is 12.1 Å². The van der Waals surface area contributed by atoms with Crippen LogP contribution >= 0.6 is 0 Å². The number of Topliss-reactive ketones (excluding diaryl/α,β-unsaturated/α-hetero) is 1. The van der Waals surface area contributed by atoms with Crippen LogP contribution in [0.2, 0.25) is 0 Å². The highest BCUT2D eigenvalue weighted by molar-refractivity contribution is 5.98. The number of esters is 1. The summed E-state index contributed by atoms with van der Waals surface area (Å²) in [5, 5.41) is 0. The van der Waals surface area contributed by atoms with Crippen molar-refractivity contribution in [3.05, 3.63) is 23.5 Å². The molecule has 0 aromatic carbocycles. The number of nitrogens with zero attached hydrogens (tertiary/aromatic N) is 1. The second-order valence-corrected chi connectivity index (χ2v) is 4.85. The maximum absolute atomic E-state index is 12.4. The van der Waals surface area contributed by atoms with E-state index in [4.69, 9.17) is 0 Å². The number of hydrogen-bond acceptors (Lipinski definition) is 3. The Bertz CT molecular complexity index is 456. The molecule has 0 bridgehead atoms. The molecule has 0 amide bonds. The van der Waals surface area contributed by atoms with E-state index >= 15 is 0 Å². The Kier molecular flexibility index (Phi) is 3.84. The Morgan fingerprint density at radius 2 is 1.78 bits per heavy atom. The minimum Gasteiger partial charge on any atom is -0.464 e. The summed E-state index contributed by atoms with van der Waals surface area (Å²) in [5.41, 5.74) is 1.04. The fourth-order valence-electron chi connectivity index (χ4n) is 2.64. The molecule has 0 spiro atoms. The number of methoxy groups -OCH3 is 1. The van der Waals surface area contributed by atoms with E-state index in [0.717, 1.165) is 25.7 Å². The summed E-state index contributed by atoms with van der Waals surface area (Å²) in [6, 6.07) is 3.38. The summed E-state index contributed by atoms with van der Waals surface area (Å²) in [5.74, 6) is -0.120. The zero-order valence-electron chi connectivity index (χ0n) is 10.9. The van der Waals surface area contributed by atoms with E-state index in [0.29, 0.717) is 11.4 Å². The largest absolute Gasteiger partial charge is 0.464 e. The molecule has 1 heterocycles. The van der Waals surface area contributed by atoms with Crippen molar-refractivity contribution in [1.82, 2.24) is 4.57 Å². The molecule has 0 aliphatic heterocycles. The molecule has 1 saturated carbocycles. The van der Waals surface area contributed by atoms with Gasteiger partial charge in [0, 0.05) is 13.0 Å². The number of rotatable bonds is 3. The molecule has 1 aromatic heterocycles. The number of ether oxygens (including phenoxy) is 1. The van der Waals surface area contributed by atoms with Gasteiger partial charge in [0.2, 0.25) is 0 Å². The highest BCUT2D eigenvalue weighted by Gasteiger charge is 2.25. The second-order valence-electron chi connectivity index (χ2n) is 4.85. The fourth-order valence-corrected chi connectivity index (χ4v) is 2.64. The first kappa shape index (κ1) is 12.9. The highest BCUT2D eigenvalue weighted by atomic mass is 16.5. The molecule has 4 nitrogen and oxygen atoms in total. The van der Waals surface area contributed by atoms with Crippen molar-refractivity contribution in [3.8, 4) is 0 Å². The van der Waals surface area contributed by atoms with Crippen LogP contribution in [-0.4, -0.2) is 23.4 Å². The molecular formula is C14H19NO3. The lowest BCUT2D eigenvalue weighted by Gasteiger charge is -2.20. The monoisotopic (exact) mass is 249 g/mol. The van der Waals surface area contributed by atoms with E-state index in [2.05, 4.69) is 4.74 Å². The van der Waals surface area contributed by atoms with E-state index < -0.39 is 5.97 Å². The van der Waals surface area contributed by atoms with Crippen LogP contribution in [0.25, 0.3) is 0 Å². The lowest BCUT2D eigenvalue weighted by atomic mass is 9.85. The molecule has 0 atom stereocenters. The second kappa shape index (κ2) is 5.38. The number of carbonyl (C=O) groups is 2. The topological polar surface area (TPSA) is 48.3 Å². The molecule has 1 aliphatic carbocycles. The molecule has 0 saturated heterocycles. The summed E-state index contributed by atoms with van der Waals surface area (Å²) < 4.78 is 6.33. The summed E-state index contributed by atoms with van der Waals surface area (Å²) in [7, 11) is 3.08. The molecule has 1 aromatic rings. The number of aromatic nitrogens is 1. The lowest BCUT2D eigenvalue weighted by molar-refractivity contribution is 0.0589. The van der Waals surface area contributed by atoms with Gasteiger partial charge in [0.15, 0.2) is 5.78 Å². The van der Waals surface area contributed by atoms with Gasteiger partial charge in [-0.15, -0.1) is 0 Å². The van der Waals surface area contributed by atoms with Gasteiger partial charge in [-0.3, -0.25) is 4.79 Å². The van der Waals surface area contributed by atoms with Gasteiger partial charge in [-0.05, 0) is 25.0 Å². The van der Waals surface area contributed by atoms with E-state index in [9.17, 15) is 9.59 Å². The third-order valence-electron chi connectivity index (χ3n) is 3.74. The van der Waals surface area contributed by atoms with Gasteiger partial charge in [-0.25, -0.2) is 4.79 Å². The average molecular weight is 249 g/mol. The van der Waals surface area contributed by atoms with Crippen molar-refractivity contribution in [2.75, 3.05) is 7.11 Å². The highest BCUT2D eigenvalue weighted by Crippen LogP contribution is 2.27. The molecule has 2 rings (SSSR count). The Labute approximate surface area is 107 Å². The smallest absolute Gasteiger partial charge is 0.354 e. The quantitative estimate of drug-likeness (QED) is 0.611. The first-order chi connectivity index (χ1) is 8.65. The van der Waals surface area contributed by atoms with Crippen LogP contribution in [0.4, 0.5) is 0 Å². The number of hydrogen-bond donors (Lipinski definition) is 0. The van der Waals surface area contributed by atoms with Crippen LogP contribution in [0, 0.1) is 5.92 Å². The Hall–Kier alpha value is -1.58. The first-order valence-electron chi connectivity index (χ1n) is 6.43. The van der Waals surface area contributed by atoms with Gasteiger partial charge in [0.05, 0.1) is 12.8 Å². The molecule has 98 valence electrons. The Morgan fingerprint density at radius 1 is 1.17 bits per heavy atom. The van der Waals surface area contributed by atoms with Gasteiger partial charge in [-0.1, -0.05) is 19.3 Å². The molecule has 1 aliphatic rings. The molecule has 0 unspecified atom stereocenters. The average Bonchev–Trinajstić information content (AvgIpc) is 2.80. The van der Waals surface area contributed by atoms with Crippen molar-refractivity contribution in [2.45, 2.75) is 32.1 Å². The first-order valence-corrected chi connectivity index (χ1v) is 6.43. The van der Waals surface area contributed by atoms with Crippen molar-refractivity contribution >= 4 is 11.8 Å². The molecule has 1 fully saturated rings. The van der Waals surface area contributed by atoms with E-state index in [-0.39, 0.29) is 11.7 Å². The summed E-state index contributed by atoms with van der Waals surface area (Å²) >= 11 is 0. The van der Waals surface area contributed by atoms with Gasteiger partial charge in [0.25, 0.3) is 0 Å². The Morgan fingerprint density at radius 3 is 2.39 bits per heavy atom. The predicted molar refractivity (Wildman–Crippen MR) is 67.7 cm³/mol. The minimum absolute atomic E-state index is 0.123. The molecule has 0 N–H and O–H groups in total.